The molecule has 3 N–H and O–H groups in total. The summed E-state index contributed by atoms with van der Waals surface area (Å²) in [6.45, 7) is 6.80. The summed E-state index contributed by atoms with van der Waals surface area (Å²) in [6, 6.07) is 3.68. The van der Waals surface area contributed by atoms with Crippen LogP contribution in [0.2, 0.25) is 0 Å². The molecule has 1 rings (SSSR count). The molecule has 1 aromatic carbocycles. The van der Waals surface area contributed by atoms with Crippen LogP contribution in [0.1, 0.15) is 21.5 Å². The Bertz CT molecular complexity index is 461. The number of carbonyl (C=O) groups is 1. The second-order valence-electron chi connectivity index (χ2n) is 5.08. The third-order valence-electron chi connectivity index (χ3n) is 3.31. The van der Waals surface area contributed by atoms with Crippen molar-refractivity contribution in [3.8, 4) is 0 Å². The molecule has 0 aliphatic heterocycles. The maximum absolute atomic E-state index is 12.1. The Morgan fingerprint density at radius 2 is 2.00 bits per heavy atom. The van der Waals surface area contributed by atoms with Gasteiger partial charge in [0, 0.05) is 38.0 Å². The van der Waals surface area contributed by atoms with E-state index in [0.717, 1.165) is 24.2 Å². The van der Waals surface area contributed by atoms with Crippen LogP contribution in [-0.2, 0) is 4.74 Å². The maximum Gasteiger partial charge on any atom is 0.251 e. The molecule has 0 aromatic heterocycles. The molecule has 0 aliphatic carbocycles. The minimum absolute atomic E-state index is 0.0747. The minimum atomic E-state index is -0.0747. The van der Waals surface area contributed by atoms with Crippen molar-refractivity contribution in [2.75, 3.05) is 46.1 Å². The van der Waals surface area contributed by atoms with Crippen molar-refractivity contribution in [3.63, 3.8) is 0 Å². The van der Waals surface area contributed by atoms with Gasteiger partial charge < -0.3 is 20.7 Å². The molecule has 112 valence electrons. The van der Waals surface area contributed by atoms with E-state index in [0.29, 0.717) is 24.4 Å². The van der Waals surface area contributed by atoms with Gasteiger partial charge >= 0.3 is 0 Å². The molecule has 0 radical (unpaired) electrons. The molecule has 0 unspecified atom stereocenters. The molecule has 0 bridgehead atoms. The Balaban J connectivity index is 2.49. The third kappa shape index (κ3) is 4.83. The number of hydrogen-bond acceptors (Lipinski definition) is 4. The Morgan fingerprint density at radius 1 is 1.30 bits per heavy atom. The van der Waals surface area contributed by atoms with Crippen LogP contribution < -0.4 is 11.1 Å². The molecule has 1 aromatic rings. The lowest BCUT2D eigenvalue weighted by Gasteiger charge is -2.16. The molecule has 5 nitrogen and oxygen atoms in total. The van der Waals surface area contributed by atoms with E-state index in [-0.39, 0.29) is 5.91 Å². The molecule has 0 saturated carbocycles. The smallest absolute Gasteiger partial charge is 0.251 e. The number of aryl methyl sites for hydroxylation is 2. The van der Waals surface area contributed by atoms with Gasteiger partial charge in [-0.2, -0.15) is 0 Å². The van der Waals surface area contributed by atoms with Crippen molar-refractivity contribution in [2.45, 2.75) is 13.8 Å². The number of nitrogens with one attached hydrogen (secondary N) is 1. The zero-order chi connectivity index (χ0) is 15.1. The van der Waals surface area contributed by atoms with E-state index in [1.54, 1.807) is 13.2 Å². The van der Waals surface area contributed by atoms with E-state index in [4.69, 9.17) is 10.5 Å². The fourth-order valence-corrected chi connectivity index (χ4v) is 1.93. The summed E-state index contributed by atoms with van der Waals surface area (Å²) in [4.78, 5) is 14.2. The average Bonchev–Trinajstić information content (AvgIpc) is 2.40. The van der Waals surface area contributed by atoms with Gasteiger partial charge in [0.15, 0.2) is 0 Å². The first-order valence-corrected chi connectivity index (χ1v) is 6.78. The van der Waals surface area contributed by atoms with E-state index in [1.807, 2.05) is 27.0 Å². The van der Waals surface area contributed by atoms with E-state index in [2.05, 4.69) is 10.2 Å². The lowest BCUT2D eigenvalue weighted by Crippen LogP contribution is -2.34. The number of benzene rings is 1. The van der Waals surface area contributed by atoms with Crippen LogP contribution in [0.3, 0.4) is 0 Å². The predicted molar refractivity (Wildman–Crippen MR) is 82.0 cm³/mol. The van der Waals surface area contributed by atoms with Gasteiger partial charge in [-0.05, 0) is 38.1 Å². The molecule has 20 heavy (non-hydrogen) atoms. The molecule has 1 amide bonds. The number of amides is 1. The lowest BCUT2D eigenvalue weighted by molar-refractivity contribution is 0.0947. The van der Waals surface area contributed by atoms with Crippen LogP contribution in [0, 0.1) is 13.8 Å². The fraction of sp³-hybridized carbons (Fsp3) is 0.533. The van der Waals surface area contributed by atoms with Crippen molar-refractivity contribution >= 4 is 11.6 Å². The first kappa shape index (κ1) is 16.5. The first-order chi connectivity index (χ1) is 9.45. The Labute approximate surface area is 121 Å². The standard InChI is InChI=1S/C15H25N3O2/c1-11-9-12(2)14(16)10-13(11)15(19)17-5-6-18(3)7-8-20-4/h9-10H,5-8,16H2,1-4H3,(H,17,19). The van der Waals surface area contributed by atoms with Crippen molar-refractivity contribution in [1.82, 2.24) is 10.2 Å². The van der Waals surface area contributed by atoms with Gasteiger partial charge in [-0.15, -0.1) is 0 Å². The monoisotopic (exact) mass is 279 g/mol. The van der Waals surface area contributed by atoms with Gasteiger partial charge in [0.1, 0.15) is 0 Å². The Kier molecular flexibility index (Phi) is 6.48. The number of carbonyl (C=O) groups excluding carboxylic acids is 1. The van der Waals surface area contributed by atoms with Gasteiger partial charge in [0.05, 0.1) is 6.61 Å². The van der Waals surface area contributed by atoms with Crippen LogP contribution in [0.4, 0.5) is 5.69 Å². The molecular formula is C15H25N3O2. The average molecular weight is 279 g/mol. The highest BCUT2D eigenvalue weighted by Gasteiger charge is 2.10. The summed E-state index contributed by atoms with van der Waals surface area (Å²) in [6.07, 6.45) is 0. The number of anilines is 1. The van der Waals surface area contributed by atoms with Crippen LogP contribution in [0.15, 0.2) is 12.1 Å². The van der Waals surface area contributed by atoms with Crippen molar-refractivity contribution in [1.29, 1.82) is 0 Å². The highest BCUT2D eigenvalue weighted by atomic mass is 16.5. The topological polar surface area (TPSA) is 67.6 Å². The number of nitrogen functional groups attached to an aromatic ring is 1. The van der Waals surface area contributed by atoms with Crippen LogP contribution in [-0.4, -0.2) is 51.2 Å². The van der Waals surface area contributed by atoms with Crippen molar-refractivity contribution in [3.05, 3.63) is 28.8 Å². The summed E-state index contributed by atoms with van der Waals surface area (Å²) in [5.74, 6) is -0.0747. The number of rotatable bonds is 7. The van der Waals surface area contributed by atoms with Gasteiger partial charge in [0.2, 0.25) is 0 Å². The van der Waals surface area contributed by atoms with Crippen LogP contribution in [0.5, 0.6) is 0 Å². The van der Waals surface area contributed by atoms with Crippen molar-refractivity contribution in [2.24, 2.45) is 0 Å². The summed E-state index contributed by atoms with van der Waals surface area (Å²) in [5, 5.41) is 2.92. The second kappa shape index (κ2) is 7.87. The molecule has 0 aliphatic rings. The van der Waals surface area contributed by atoms with Gasteiger partial charge in [-0.3, -0.25) is 4.79 Å². The largest absolute Gasteiger partial charge is 0.398 e. The van der Waals surface area contributed by atoms with E-state index in [9.17, 15) is 4.79 Å². The highest BCUT2D eigenvalue weighted by molar-refractivity contribution is 5.96. The summed E-state index contributed by atoms with van der Waals surface area (Å²) < 4.78 is 5.01. The lowest BCUT2D eigenvalue weighted by atomic mass is 10.0. The van der Waals surface area contributed by atoms with E-state index < -0.39 is 0 Å². The number of methoxy groups -OCH3 is 1. The Hall–Kier alpha value is -1.59. The van der Waals surface area contributed by atoms with Gasteiger partial charge in [-0.25, -0.2) is 0 Å². The normalized spacial score (nSPS) is 10.8. The maximum atomic E-state index is 12.1. The molecular weight excluding hydrogens is 254 g/mol. The molecule has 0 atom stereocenters. The van der Waals surface area contributed by atoms with Gasteiger partial charge in [-0.1, -0.05) is 6.07 Å². The minimum Gasteiger partial charge on any atom is -0.398 e. The first-order valence-electron chi connectivity index (χ1n) is 6.78. The van der Waals surface area contributed by atoms with Crippen molar-refractivity contribution < 1.29 is 9.53 Å². The number of nitrogens with zero attached hydrogens (tertiary/aromatic N) is 1. The molecule has 5 heteroatoms. The fourth-order valence-electron chi connectivity index (χ4n) is 1.93. The molecule has 0 fully saturated rings. The molecule has 0 spiro atoms. The highest BCUT2D eigenvalue weighted by Crippen LogP contribution is 2.17. The van der Waals surface area contributed by atoms with Crippen LogP contribution in [0.25, 0.3) is 0 Å². The van der Waals surface area contributed by atoms with E-state index >= 15 is 0 Å². The number of likely N-dealkylation sites (N-methyl/N-ethyl adjacent to an activating group) is 1. The molecule has 0 saturated heterocycles. The quantitative estimate of drug-likeness (QED) is 0.736. The van der Waals surface area contributed by atoms with E-state index in [1.165, 1.54) is 0 Å². The zero-order valence-corrected chi connectivity index (χ0v) is 12.8. The van der Waals surface area contributed by atoms with Gasteiger partial charge in [0.25, 0.3) is 5.91 Å². The SMILES string of the molecule is COCCN(C)CCNC(=O)c1cc(N)c(C)cc1C. The number of hydrogen-bond donors (Lipinski definition) is 2. The predicted octanol–water partition coefficient (Wildman–Crippen LogP) is 1.19. The third-order valence-corrected chi connectivity index (χ3v) is 3.31. The second-order valence-corrected chi connectivity index (χ2v) is 5.08. The number of ether oxygens (including phenoxy) is 1. The zero-order valence-electron chi connectivity index (χ0n) is 12.8. The van der Waals surface area contributed by atoms with Crippen LogP contribution >= 0.6 is 0 Å². The summed E-state index contributed by atoms with van der Waals surface area (Å²) in [5.41, 5.74) is 9.10. The summed E-state index contributed by atoms with van der Waals surface area (Å²) in [7, 11) is 3.68. The molecule has 0 heterocycles. The Morgan fingerprint density at radius 3 is 2.65 bits per heavy atom. The number of nitrogens with two attached hydrogens (primary N) is 1. The summed E-state index contributed by atoms with van der Waals surface area (Å²) >= 11 is 0.